The molecule has 2 aromatic heterocycles. The van der Waals surface area contributed by atoms with E-state index in [2.05, 4.69) is 20.0 Å². The predicted molar refractivity (Wildman–Crippen MR) is 142 cm³/mol. The summed E-state index contributed by atoms with van der Waals surface area (Å²) in [6, 6.07) is 0. The van der Waals surface area contributed by atoms with Gasteiger partial charge in [-0.3, -0.25) is 14.2 Å². The molecule has 3 atom stereocenters. The Kier molecular flexibility index (Phi) is 11.6. The van der Waals surface area contributed by atoms with E-state index in [1.807, 2.05) is 6.92 Å². The molecule has 0 aliphatic heterocycles. The topological polar surface area (TPSA) is 170 Å². The first-order valence-corrected chi connectivity index (χ1v) is 14.5. The number of hydrogen-bond acceptors (Lipinski definition) is 11. The van der Waals surface area contributed by atoms with E-state index in [0.717, 1.165) is 0 Å². The summed E-state index contributed by atoms with van der Waals surface area (Å²) < 4.78 is 37.8. The van der Waals surface area contributed by atoms with Gasteiger partial charge in [0.1, 0.15) is 23.7 Å². The Morgan fingerprint density at radius 2 is 1.87 bits per heavy atom. The number of esters is 2. The van der Waals surface area contributed by atoms with Crippen LogP contribution in [-0.4, -0.2) is 68.8 Å². The quantitative estimate of drug-likeness (QED) is 0.229. The highest BCUT2D eigenvalue weighted by molar-refractivity contribution is 7.56. The molecule has 2 rings (SSSR count). The van der Waals surface area contributed by atoms with Gasteiger partial charge in [0.05, 0.1) is 44.2 Å². The van der Waals surface area contributed by atoms with Crippen LogP contribution in [0.25, 0.3) is 11.2 Å². The highest BCUT2D eigenvalue weighted by atomic mass is 31.2. The first-order chi connectivity index (χ1) is 17.8. The molecule has 38 heavy (non-hydrogen) atoms. The maximum absolute atomic E-state index is 13.9. The van der Waals surface area contributed by atoms with Crippen LogP contribution in [0.3, 0.4) is 0 Å². The molecule has 3 N–H and O–H groups in total. The van der Waals surface area contributed by atoms with Crippen molar-refractivity contribution in [3.8, 4) is 0 Å². The number of fused-ring (bicyclic) bond motifs is 1. The third kappa shape index (κ3) is 9.30. The number of nitrogens with zero attached hydrogens (tertiary/aromatic N) is 4. The maximum Gasteiger partial charge on any atom is 0.326 e. The second-order valence-electron chi connectivity index (χ2n) is 9.99. The van der Waals surface area contributed by atoms with E-state index in [0.29, 0.717) is 24.1 Å². The van der Waals surface area contributed by atoms with Gasteiger partial charge in [0.2, 0.25) is 0 Å². The van der Waals surface area contributed by atoms with Crippen molar-refractivity contribution < 1.29 is 32.9 Å². The Bertz CT molecular complexity index is 1120. The van der Waals surface area contributed by atoms with E-state index in [-0.39, 0.29) is 43.9 Å². The SMILES string of the molecule is CCCOC(=O)C(C)(C)NP(=O)(CO[C@H](C)Cn1cnc2c(N)ncnc21)OCC[C@H](C)C(=O)OC(C)C. The monoisotopic (exact) mass is 556 g/mol. The summed E-state index contributed by atoms with van der Waals surface area (Å²) in [4.78, 5) is 37.1. The zero-order chi connectivity index (χ0) is 28.5. The van der Waals surface area contributed by atoms with Crippen LogP contribution >= 0.6 is 7.52 Å². The van der Waals surface area contributed by atoms with Gasteiger partial charge in [-0.05, 0) is 47.5 Å². The lowest BCUT2D eigenvalue weighted by atomic mass is 10.1. The van der Waals surface area contributed by atoms with Gasteiger partial charge in [0.25, 0.3) is 7.52 Å². The fourth-order valence-corrected chi connectivity index (χ4v) is 5.38. The molecule has 2 heterocycles. The lowest BCUT2D eigenvalue weighted by molar-refractivity contribution is -0.152. The molecule has 0 saturated heterocycles. The van der Waals surface area contributed by atoms with Crippen molar-refractivity contribution in [1.82, 2.24) is 24.6 Å². The van der Waals surface area contributed by atoms with E-state index in [4.69, 9.17) is 24.5 Å². The smallest absolute Gasteiger partial charge is 0.326 e. The van der Waals surface area contributed by atoms with Crippen LogP contribution in [0, 0.1) is 5.92 Å². The van der Waals surface area contributed by atoms with Gasteiger partial charge in [-0.1, -0.05) is 13.8 Å². The van der Waals surface area contributed by atoms with Crippen molar-refractivity contribution in [2.75, 3.05) is 25.3 Å². The maximum atomic E-state index is 13.9. The van der Waals surface area contributed by atoms with Crippen molar-refractivity contribution in [2.45, 2.75) is 85.6 Å². The van der Waals surface area contributed by atoms with Gasteiger partial charge >= 0.3 is 11.9 Å². The van der Waals surface area contributed by atoms with Gasteiger partial charge < -0.3 is 29.0 Å². The Balaban J connectivity index is 2.09. The number of nitrogen functional groups attached to an aromatic ring is 1. The second kappa shape index (κ2) is 14.0. The number of nitrogens with one attached hydrogen (secondary N) is 1. The van der Waals surface area contributed by atoms with Gasteiger partial charge in [0.15, 0.2) is 11.5 Å². The third-order valence-electron chi connectivity index (χ3n) is 5.41. The molecule has 214 valence electrons. The molecule has 0 fully saturated rings. The standard InChI is InChI=1S/C24H41N6O7P/c1-8-10-34-23(32)24(6,7)29-38(33,36-11-9-17(4)22(31)37-16(2)3)15-35-18(5)12-30-14-28-19-20(25)26-13-27-21(19)30/h13-14,16-18H,8-12,15H2,1-7H3,(H,29,33)(H2,25,26,27)/t17-,18+,38?/m0/s1. The summed E-state index contributed by atoms with van der Waals surface area (Å²) in [5, 5.41) is 2.83. The lowest BCUT2D eigenvalue weighted by Crippen LogP contribution is -2.47. The van der Waals surface area contributed by atoms with Gasteiger partial charge in [0, 0.05) is 0 Å². The first kappa shape index (κ1) is 31.6. The predicted octanol–water partition coefficient (Wildman–Crippen LogP) is 3.28. The van der Waals surface area contributed by atoms with Gasteiger partial charge in [-0.2, -0.15) is 0 Å². The molecule has 0 radical (unpaired) electrons. The number of anilines is 1. The van der Waals surface area contributed by atoms with Crippen LogP contribution < -0.4 is 10.8 Å². The molecule has 1 unspecified atom stereocenters. The minimum absolute atomic E-state index is 0.0151. The van der Waals surface area contributed by atoms with Crippen molar-refractivity contribution in [2.24, 2.45) is 5.92 Å². The number of carbonyl (C=O) groups is 2. The van der Waals surface area contributed by atoms with Crippen LogP contribution in [-0.2, 0) is 39.4 Å². The number of nitrogens with two attached hydrogens (primary N) is 1. The van der Waals surface area contributed by atoms with Crippen LogP contribution in [0.2, 0.25) is 0 Å². The Morgan fingerprint density at radius 3 is 2.53 bits per heavy atom. The molecule has 14 heteroatoms. The molecule has 0 aliphatic carbocycles. The Morgan fingerprint density at radius 1 is 1.16 bits per heavy atom. The largest absolute Gasteiger partial charge is 0.464 e. The normalized spacial score (nSPS) is 15.3. The Hall–Kier alpha value is -2.60. The number of aromatic nitrogens is 4. The summed E-state index contributed by atoms with van der Waals surface area (Å²) in [5.41, 5.74) is 5.57. The summed E-state index contributed by atoms with van der Waals surface area (Å²) in [5.74, 6) is -1.12. The van der Waals surface area contributed by atoms with E-state index < -0.39 is 31.0 Å². The van der Waals surface area contributed by atoms with E-state index in [1.54, 1.807) is 52.4 Å². The average molecular weight is 557 g/mol. The minimum atomic E-state index is -3.74. The fraction of sp³-hybridized carbons (Fsp3) is 0.708. The zero-order valence-corrected chi connectivity index (χ0v) is 24.2. The molecule has 0 spiro atoms. The summed E-state index contributed by atoms with van der Waals surface area (Å²) in [6.45, 7) is 12.6. The average Bonchev–Trinajstić information content (AvgIpc) is 3.24. The van der Waals surface area contributed by atoms with Crippen LogP contribution in [0.15, 0.2) is 12.7 Å². The summed E-state index contributed by atoms with van der Waals surface area (Å²) >= 11 is 0. The third-order valence-corrected chi connectivity index (χ3v) is 7.40. The molecular weight excluding hydrogens is 515 g/mol. The van der Waals surface area contributed by atoms with Crippen molar-refractivity contribution in [1.29, 1.82) is 0 Å². The number of rotatable bonds is 16. The van der Waals surface area contributed by atoms with E-state index in [1.165, 1.54) is 6.33 Å². The number of imidazole rings is 1. The summed E-state index contributed by atoms with van der Waals surface area (Å²) in [6.07, 6.45) is 2.86. The lowest BCUT2D eigenvalue weighted by Gasteiger charge is -2.30. The minimum Gasteiger partial charge on any atom is -0.464 e. The van der Waals surface area contributed by atoms with Crippen molar-refractivity contribution in [3.05, 3.63) is 12.7 Å². The van der Waals surface area contributed by atoms with Gasteiger partial charge in [-0.25, -0.2) is 20.0 Å². The molecule has 0 saturated carbocycles. The van der Waals surface area contributed by atoms with Crippen molar-refractivity contribution >= 4 is 36.4 Å². The number of hydrogen-bond donors (Lipinski definition) is 2. The molecular formula is C24H41N6O7P. The zero-order valence-electron chi connectivity index (χ0n) is 23.3. The van der Waals surface area contributed by atoms with E-state index >= 15 is 0 Å². The highest BCUT2D eigenvalue weighted by Gasteiger charge is 2.38. The Labute approximate surface area is 223 Å². The summed E-state index contributed by atoms with van der Waals surface area (Å²) in [7, 11) is -3.74. The highest BCUT2D eigenvalue weighted by Crippen LogP contribution is 2.45. The van der Waals surface area contributed by atoms with Crippen LogP contribution in [0.5, 0.6) is 0 Å². The molecule has 0 aliphatic rings. The van der Waals surface area contributed by atoms with Gasteiger partial charge in [-0.15, -0.1) is 0 Å². The molecule has 2 aromatic rings. The molecule has 0 aromatic carbocycles. The fourth-order valence-electron chi connectivity index (χ4n) is 3.38. The second-order valence-corrected chi connectivity index (χ2v) is 12.1. The molecule has 0 amide bonds. The van der Waals surface area contributed by atoms with E-state index in [9.17, 15) is 14.2 Å². The first-order valence-electron chi connectivity index (χ1n) is 12.7. The molecule has 13 nitrogen and oxygen atoms in total. The number of carbonyl (C=O) groups excluding carboxylic acids is 2. The van der Waals surface area contributed by atoms with Crippen LogP contribution in [0.1, 0.15) is 61.3 Å². The van der Waals surface area contributed by atoms with Crippen LogP contribution in [0.4, 0.5) is 5.82 Å². The molecule has 0 bridgehead atoms. The van der Waals surface area contributed by atoms with Crippen molar-refractivity contribution in [3.63, 3.8) is 0 Å². The number of ether oxygens (including phenoxy) is 3.